The molecule has 0 saturated carbocycles. The van der Waals surface area contributed by atoms with Gasteiger partial charge in [0.15, 0.2) is 0 Å². The number of aromatic nitrogens is 2. The second-order valence-corrected chi connectivity index (χ2v) is 8.84. The number of nitrogens with two attached hydrogens (primary N) is 1. The summed E-state index contributed by atoms with van der Waals surface area (Å²) in [5, 5.41) is 2.87. The Bertz CT molecular complexity index is 1350. The number of hydrogen-bond acceptors (Lipinski definition) is 4. The van der Waals surface area contributed by atoms with Crippen LogP contribution in [0, 0.1) is 0 Å². The summed E-state index contributed by atoms with van der Waals surface area (Å²) in [6.07, 6.45) is 2.60. The molecule has 0 aliphatic heterocycles. The Hall–Kier alpha value is -3.65. The predicted octanol–water partition coefficient (Wildman–Crippen LogP) is 5.04. The number of primary amides is 1. The molecule has 0 saturated heterocycles. The monoisotopic (exact) mass is 519 g/mol. The Morgan fingerprint density at radius 2 is 1.79 bits per heavy atom. The van der Waals surface area contributed by atoms with Gasteiger partial charge in [0.05, 0.1) is 11.3 Å². The maximum atomic E-state index is 13.0. The van der Waals surface area contributed by atoms with E-state index in [1.165, 1.54) is 5.56 Å². The average molecular weight is 520 g/mol. The molecule has 34 heavy (non-hydrogen) atoms. The fraction of sp³-hybridized carbons (Fsp3) is 0.192. The number of imidazole rings is 1. The van der Waals surface area contributed by atoms with Gasteiger partial charge in [0.2, 0.25) is 5.91 Å². The molecule has 2 heterocycles. The van der Waals surface area contributed by atoms with E-state index in [1.54, 1.807) is 30.3 Å². The quantitative estimate of drug-likeness (QED) is 0.341. The Kier molecular flexibility index (Phi) is 6.98. The summed E-state index contributed by atoms with van der Waals surface area (Å²) >= 11 is 3.55. The Labute approximate surface area is 206 Å². The number of hydrogen-bond donors (Lipinski definition) is 2. The van der Waals surface area contributed by atoms with Crippen molar-refractivity contribution in [3.63, 3.8) is 0 Å². The molecule has 2 aromatic carbocycles. The van der Waals surface area contributed by atoms with E-state index in [9.17, 15) is 9.59 Å². The van der Waals surface area contributed by atoms with Crippen molar-refractivity contribution in [2.24, 2.45) is 5.73 Å². The van der Waals surface area contributed by atoms with Crippen molar-refractivity contribution >= 4 is 44.9 Å². The first kappa shape index (κ1) is 23.5. The van der Waals surface area contributed by atoms with Gasteiger partial charge in [0, 0.05) is 35.0 Å². The third kappa shape index (κ3) is 4.97. The highest BCUT2D eigenvalue weighted by atomic mass is 79.9. The van der Waals surface area contributed by atoms with Crippen LogP contribution in [0.4, 0.5) is 11.5 Å². The highest BCUT2D eigenvalue weighted by Gasteiger charge is 2.19. The van der Waals surface area contributed by atoms with E-state index >= 15 is 0 Å². The lowest BCUT2D eigenvalue weighted by atomic mass is 10.2. The summed E-state index contributed by atoms with van der Waals surface area (Å²) in [6.45, 7) is 5.71. The van der Waals surface area contributed by atoms with Gasteiger partial charge in [-0.2, -0.15) is 0 Å². The lowest BCUT2D eigenvalue weighted by molar-refractivity contribution is 0.0998. The summed E-state index contributed by atoms with van der Waals surface area (Å²) in [5.74, 6) is 0.230. The van der Waals surface area contributed by atoms with E-state index < -0.39 is 5.91 Å². The minimum Gasteiger partial charge on any atom is -0.366 e. The van der Waals surface area contributed by atoms with Crippen molar-refractivity contribution in [3.8, 4) is 0 Å². The number of rotatable bonds is 8. The number of amides is 2. The van der Waals surface area contributed by atoms with E-state index in [0.717, 1.165) is 41.1 Å². The van der Waals surface area contributed by atoms with E-state index in [2.05, 4.69) is 52.1 Å². The van der Waals surface area contributed by atoms with Crippen molar-refractivity contribution in [2.45, 2.75) is 26.8 Å². The smallest absolute Gasteiger partial charge is 0.257 e. The first-order valence-corrected chi connectivity index (χ1v) is 11.9. The van der Waals surface area contributed by atoms with Gasteiger partial charge in [-0.15, -0.1) is 0 Å². The lowest BCUT2D eigenvalue weighted by Gasteiger charge is -2.24. The molecule has 0 aliphatic carbocycles. The van der Waals surface area contributed by atoms with Crippen molar-refractivity contribution in [1.29, 1.82) is 0 Å². The molecule has 7 nitrogen and oxygen atoms in total. The molecule has 4 aromatic rings. The van der Waals surface area contributed by atoms with Crippen molar-refractivity contribution in [3.05, 3.63) is 93.7 Å². The Morgan fingerprint density at radius 1 is 1.06 bits per heavy atom. The summed E-state index contributed by atoms with van der Waals surface area (Å²) in [7, 11) is 0. The largest absolute Gasteiger partial charge is 0.366 e. The lowest BCUT2D eigenvalue weighted by Crippen LogP contribution is -2.25. The van der Waals surface area contributed by atoms with E-state index in [-0.39, 0.29) is 5.91 Å². The number of nitrogens with one attached hydrogen (secondary N) is 1. The molecule has 174 valence electrons. The van der Waals surface area contributed by atoms with Crippen LogP contribution in [0.25, 0.3) is 5.65 Å². The number of fused-ring (bicyclic) bond motifs is 1. The minimum atomic E-state index is -0.508. The molecule has 0 atom stereocenters. The molecule has 8 heteroatoms. The number of halogens is 1. The SMILES string of the molecule is CCc1nc2ccc(C(=O)Nc3ccc(C(N)=O)cc3)cn2c1N(CC)Cc1cccc(Br)c1. The van der Waals surface area contributed by atoms with Crippen molar-refractivity contribution < 1.29 is 9.59 Å². The first-order chi connectivity index (χ1) is 16.4. The predicted molar refractivity (Wildman–Crippen MR) is 138 cm³/mol. The molecular weight excluding hydrogens is 494 g/mol. The number of carbonyl (C=O) groups is 2. The van der Waals surface area contributed by atoms with Gasteiger partial charge in [-0.3, -0.25) is 14.0 Å². The van der Waals surface area contributed by atoms with Crippen molar-refractivity contribution in [2.75, 3.05) is 16.8 Å². The summed E-state index contributed by atoms with van der Waals surface area (Å²) < 4.78 is 3.03. The van der Waals surface area contributed by atoms with Gasteiger partial charge >= 0.3 is 0 Å². The van der Waals surface area contributed by atoms with Gasteiger partial charge in [-0.25, -0.2) is 4.98 Å². The Balaban J connectivity index is 1.66. The van der Waals surface area contributed by atoms with Crippen LogP contribution in [0.3, 0.4) is 0 Å². The van der Waals surface area contributed by atoms with Gasteiger partial charge < -0.3 is 16.0 Å². The Morgan fingerprint density at radius 3 is 2.44 bits per heavy atom. The standard InChI is InChI=1S/C26H26BrN5O2/c1-3-22-26(31(4-2)15-17-6-5-7-20(27)14-17)32-16-19(10-13-23(32)30-22)25(34)29-21-11-8-18(9-12-21)24(28)33/h5-14,16H,3-4,15H2,1-2H3,(H2,28,33)(H,29,34). The van der Waals surface area contributed by atoms with Crippen LogP contribution in [0.2, 0.25) is 0 Å². The molecule has 0 unspecified atom stereocenters. The van der Waals surface area contributed by atoms with Gasteiger partial charge in [-0.05, 0) is 67.4 Å². The minimum absolute atomic E-state index is 0.249. The van der Waals surface area contributed by atoms with Gasteiger partial charge in [0.1, 0.15) is 11.5 Å². The highest BCUT2D eigenvalue weighted by molar-refractivity contribution is 9.10. The fourth-order valence-electron chi connectivity index (χ4n) is 3.90. The van der Waals surface area contributed by atoms with Crippen LogP contribution in [0.15, 0.2) is 71.3 Å². The maximum Gasteiger partial charge on any atom is 0.257 e. The summed E-state index contributed by atoms with van der Waals surface area (Å²) in [4.78, 5) is 31.3. The number of aryl methyl sites for hydroxylation is 1. The molecule has 0 bridgehead atoms. The number of pyridine rings is 1. The van der Waals surface area contributed by atoms with Crippen LogP contribution < -0.4 is 16.0 Å². The van der Waals surface area contributed by atoms with Crippen LogP contribution in [-0.2, 0) is 13.0 Å². The molecule has 0 radical (unpaired) electrons. The number of nitrogens with zero attached hydrogens (tertiary/aromatic N) is 3. The highest BCUT2D eigenvalue weighted by Crippen LogP contribution is 2.26. The molecule has 2 amide bonds. The van der Waals surface area contributed by atoms with E-state index in [4.69, 9.17) is 10.7 Å². The molecule has 3 N–H and O–H groups in total. The number of benzene rings is 2. The molecule has 0 spiro atoms. The maximum absolute atomic E-state index is 13.0. The number of carbonyl (C=O) groups excluding carboxylic acids is 2. The zero-order valence-corrected chi connectivity index (χ0v) is 20.7. The van der Waals surface area contributed by atoms with Crippen LogP contribution >= 0.6 is 15.9 Å². The van der Waals surface area contributed by atoms with E-state index in [1.807, 2.05) is 28.8 Å². The molecular formula is C26H26BrN5O2. The fourth-order valence-corrected chi connectivity index (χ4v) is 4.35. The molecule has 0 fully saturated rings. The molecule has 4 rings (SSSR count). The number of anilines is 2. The second-order valence-electron chi connectivity index (χ2n) is 7.92. The summed E-state index contributed by atoms with van der Waals surface area (Å²) in [6, 6.07) is 18.4. The second kappa shape index (κ2) is 10.1. The zero-order valence-electron chi connectivity index (χ0n) is 19.1. The van der Waals surface area contributed by atoms with Crippen LogP contribution in [0.1, 0.15) is 45.8 Å². The summed E-state index contributed by atoms with van der Waals surface area (Å²) in [5.41, 5.74) is 9.72. The van der Waals surface area contributed by atoms with E-state index in [0.29, 0.717) is 16.8 Å². The average Bonchev–Trinajstić information content (AvgIpc) is 3.20. The zero-order chi connectivity index (χ0) is 24.2. The van der Waals surface area contributed by atoms with Crippen molar-refractivity contribution in [1.82, 2.24) is 9.38 Å². The molecule has 2 aromatic heterocycles. The normalized spacial score (nSPS) is 10.9. The third-order valence-corrected chi connectivity index (χ3v) is 6.12. The third-order valence-electron chi connectivity index (χ3n) is 5.63. The topological polar surface area (TPSA) is 92.7 Å². The van der Waals surface area contributed by atoms with Crippen LogP contribution in [-0.4, -0.2) is 27.7 Å². The van der Waals surface area contributed by atoms with Gasteiger partial charge in [-0.1, -0.05) is 35.0 Å². The van der Waals surface area contributed by atoms with Crippen LogP contribution in [0.5, 0.6) is 0 Å². The molecule has 0 aliphatic rings. The first-order valence-electron chi connectivity index (χ1n) is 11.1. The van der Waals surface area contributed by atoms with Gasteiger partial charge in [0.25, 0.3) is 5.91 Å².